The summed E-state index contributed by atoms with van der Waals surface area (Å²) in [5.41, 5.74) is 4.49. The molecule has 3 N–H and O–H groups in total. The van der Waals surface area contributed by atoms with Crippen LogP contribution in [0.2, 0.25) is 0 Å². The highest BCUT2D eigenvalue weighted by atomic mass is 32.2. The maximum absolute atomic E-state index is 10.7. The molecule has 0 aliphatic carbocycles. The van der Waals surface area contributed by atoms with E-state index in [9.17, 15) is 4.79 Å². The Morgan fingerprint density at radius 1 is 1.62 bits per heavy atom. The predicted octanol–water partition coefficient (Wildman–Crippen LogP) is 1.76. The number of hydrogen-bond acceptors (Lipinski definition) is 4. The second kappa shape index (κ2) is 5.86. The van der Waals surface area contributed by atoms with Crippen LogP contribution in [0.3, 0.4) is 0 Å². The summed E-state index contributed by atoms with van der Waals surface area (Å²) in [6.45, 7) is 1.54. The lowest BCUT2D eigenvalue weighted by molar-refractivity contribution is -0.142. The summed E-state index contributed by atoms with van der Waals surface area (Å²) in [7, 11) is 0. The van der Waals surface area contributed by atoms with Gasteiger partial charge in [-0.2, -0.15) is 0 Å². The molecule has 0 aliphatic rings. The van der Waals surface area contributed by atoms with Crippen molar-refractivity contribution in [2.75, 3.05) is 5.75 Å². The smallest absolute Gasteiger partial charge is 0.323 e. The van der Waals surface area contributed by atoms with Gasteiger partial charge in [-0.3, -0.25) is 4.79 Å². The van der Waals surface area contributed by atoms with E-state index in [2.05, 4.69) is 4.98 Å². The highest BCUT2D eigenvalue weighted by molar-refractivity contribution is 7.99. The van der Waals surface area contributed by atoms with Crippen LogP contribution in [0.1, 0.15) is 19.8 Å². The van der Waals surface area contributed by atoms with Gasteiger partial charge in [0.1, 0.15) is 5.54 Å². The van der Waals surface area contributed by atoms with Crippen LogP contribution in [-0.2, 0) is 4.79 Å². The number of pyridine rings is 1. The quantitative estimate of drug-likeness (QED) is 0.585. The Morgan fingerprint density at radius 3 is 2.94 bits per heavy atom. The Balaban J connectivity index is 2.25. The molecular weight excluding hydrogens is 224 g/mol. The van der Waals surface area contributed by atoms with Crippen LogP contribution in [-0.4, -0.2) is 27.4 Å². The monoisotopic (exact) mass is 240 g/mol. The highest BCUT2D eigenvalue weighted by Gasteiger charge is 2.26. The van der Waals surface area contributed by atoms with Gasteiger partial charge in [-0.25, -0.2) is 4.98 Å². The van der Waals surface area contributed by atoms with E-state index < -0.39 is 11.5 Å². The molecule has 88 valence electrons. The molecule has 0 bridgehead atoms. The minimum Gasteiger partial charge on any atom is -0.480 e. The third-order valence-electron chi connectivity index (χ3n) is 2.22. The van der Waals surface area contributed by atoms with Crippen LogP contribution in [0.15, 0.2) is 29.4 Å². The van der Waals surface area contributed by atoms with Crippen LogP contribution in [0.25, 0.3) is 0 Å². The first-order chi connectivity index (χ1) is 7.52. The molecule has 0 radical (unpaired) electrons. The van der Waals surface area contributed by atoms with Crippen LogP contribution in [0.4, 0.5) is 0 Å². The summed E-state index contributed by atoms with van der Waals surface area (Å²) in [5.74, 6) is -0.118. The number of thioether (sulfide) groups is 1. The van der Waals surface area contributed by atoms with Crippen molar-refractivity contribution in [2.45, 2.75) is 30.3 Å². The first-order valence-electron chi connectivity index (χ1n) is 5.08. The maximum atomic E-state index is 10.7. The van der Waals surface area contributed by atoms with Crippen LogP contribution >= 0.6 is 11.8 Å². The zero-order valence-electron chi connectivity index (χ0n) is 9.22. The molecule has 4 nitrogen and oxygen atoms in total. The highest BCUT2D eigenvalue weighted by Crippen LogP contribution is 2.18. The number of aliphatic carboxylic acids is 1. The largest absolute Gasteiger partial charge is 0.480 e. The third kappa shape index (κ3) is 4.20. The zero-order valence-corrected chi connectivity index (χ0v) is 10.0. The molecule has 0 fully saturated rings. The summed E-state index contributed by atoms with van der Waals surface area (Å²) < 4.78 is 0. The van der Waals surface area contributed by atoms with Gasteiger partial charge >= 0.3 is 5.97 Å². The van der Waals surface area contributed by atoms with E-state index >= 15 is 0 Å². The summed E-state index contributed by atoms with van der Waals surface area (Å²) in [6, 6.07) is 5.73. The molecule has 0 aromatic carbocycles. The summed E-state index contributed by atoms with van der Waals surface area (Å²) in [5, 5.41) is 9.77. The van der Waals surface area contributed by atoms with Crippen molar-refractivity contribution in [2.24, 2.45) is 5.73 Å². The molecule has 1 rings (SSSR count). The van der Waals surface area contributed by atoms with Crippen LogP contribution in [0.5, 0.6) is 0 Å². The lowest BCUT2D eigenvalue weighted by Gasteiger charge is -2.18. The average molecular weight is 240 g/mol. The maximum Gasteiger partial charge on any atom is 0.323 e. The molecule has 1 unspecified atom stereocenters. The molecule has 1 heterocycles. The second-order valence-corrected chi connectivity index (χ2v) is 4.96. The van der Waals surface area contributed by atoms with E-state index in [0.717, 1.165) is 17.2 Å². The van der Waals surface area contributed by atoms with Crippen molar-refractivity contribution < 1.29 is 9.90 Å². The second-order valence-electron chi connectivity index (χ2n) is 3.84. The number of carbonyl (C=O) groups is 1. The summed E-state index contributed by atoms with van der Waals surface area (Å²) in [6.07, 6.45) is 2.98. The molecule has 0 saturated heterocycles. The number of rotatable bonds is 6. The fourth-order valence-corrected chi connectivity index (χ4v) is 1.96. The molecular formula is C11H16N2O2S. The summed E-state index contributed by atoms with van der Waals surface area (Å²) in [4.78, 5) is 14.9. The van der Waals surface area contributed by atoms with Crippen molar-refractivity contribution in [3.63, 3.8) is 0 Å². The van der Waals surface area contributed by atoms with Crippen molar-refractivity contribution in [1.29, 1.82) is 0 Å². The molecule has 0 aliphatic heterocycles. The number of aromatic nitrogens is 1. The van der Waals surface area contributed by atoms with Gasteiger partial charge < -0.3 is 10.8 Å². The molecule has 16 heavy (non-hydrogen) atoms. The molecule has 1 aromatic heterocycles. The Bertz CT molecular complexity index is 341. The lowest BCUT2D eigenvalue weighted by atomic mass is 9.98. The molecule has 1 aromatic rings. The average Bonchev–Trinajstić information content (AvgIpc) is 2.26. The van der Waals surface area contributed by atoms with Gasteiger partial charge in [-0.05, 0) is 37.7 Å². The van der Waals surface area contributed by atoms with Crippen molar-refractivity contribution >= 4 is 17.7 Å². The molecule has 0 spiro atoms. The minimum absolute atomic E-state index is 0.474. The topological polar surface area (TPSA) is 76.2 Å². The minimum atomic E-state index is -1.12. The lowest BCUT2D eigenvalue weighted by Crippen LogP contribution is -2.44. The van der Waals surface area contributed by atoms with Gasteiger partial charge in [0, 0.05) is 6.20 Å². The zero-order chi connectivity index (χ0) is 12.0. The van der Waals surface area contributed by atoms with Crippen molar-refractivity contribution in [3.8, 4) is 0 Å². The van der Waals surface area contributed by atoms with E-state index in [1.54, 1.807) is 24.9 Å². The summed E-state index contributed by atoms with van der Waals surface area (Å²) >= 11 is 1.61. The van der Waals surface area contributed by atoms with Gasteiger partial charge in [0.05, 0.1) is 5.03 Å². The van der Waals surface area contributed by atoms with Gasteiger partial charge in [0.25, 0.3) is 0 Å². The van der Waals surface area contributed by atoms with E-state index in [1.165, 1.54) is 0 Å². The first-order valence-corrected chi connectivity index (χ1v) is 6.07. The molecule has 0 saturated carbocycles. The molecule has 0 amide bonds. The van der Waals surface area contributed by atoms with Gasteiger partial charge in [-0.15, -0.1) is 11.8 Å². The fraction of sp³-hybridized carbons (Fsp3) is 0.455. The Hall–Kier alpha value is -1.07. The number of carboxylic acids is 1. The van der Waals surface area contributed by atoms with Crippen molar-refractivity contribution in [3.05, 3.63) is 24.4 Å². The first kappa shape index (κ1) is 13.0. The fourth-order valence-electron chi connectivity index (χ4n) is 1.16. The Morgan fingerprint density at radius 2 is 2.38 bits per heavy atom. The van der Waals surface area contributed by atoms with Crippen LogP contribution in [0, 0.1) is 0 Å². The van der Waals surface area contributed by atoms with E-state index in [4.69, 9.17) is 10.8 Å². The van der Waals surface area contributed by atoms with Crippen molar-refractivity contribution in [1.82, 2.24) is 4.98 Å². The molecule has 5 heteroatoms. The third-order valence-corrected chi connectivity index (χ3v) is 3.25. The number of nitrogens with two attached hydrogens (primary N) is 1. The standard InChI is InChI=1S/C11H16N2O2S/c1-11(12,10(14)15)6-4-8-16-9-5-2-3-7-13-9/h2-3,5,7H,4,6,8,12H2,1H3,(H,14,15). The van der Waals surface area contributed by atoms with Gasteiger partial charge in [0.15, 0.2) is 0 Å². The van der Waals surface area contributed by atoms with Gasteiger partial charge in [-0.1, -0.05) is 6.07 Å². The van der Waals surface area contributed by atoms with Crippen LogP contribution < -0.4 is 5.73 Å². The number of carboxylic acid groups (broad SMARTS) is 1. The SMILES string of the molecule is CC(N)(CCCSc1ccccn1)C(=O)O. The number of hydrogen-bond donors (Lipinski definition) is 2. The predicted molar refractivity (Wildman–Crippen MR) is 64.4 cm³/mol. The Labute approximate surface area is 99.3 Å². The van der Waals surface area contributed by atoms with E-state index in [0.29, 0.717) is 6.42 Å². The molecule has 1 atom stereocenters. The van der Waals surface area contributed by atoms with Gasteiger partial charge in [0.2, 0.25) is 0 Å². The van der Waals surface area contributed by atoms with E-state index in [1.807, 2.05) is 18.2 Å². The van der Waals surface area contributed by atoms with E-state index in [-0.39, 0.29) is 0 Å². The normalized spacial score (nSPS) is 14.4. The Kier molecular flexibility index (Phi) is 4.76. The number of nitrogens with zero attached hydrogens (tertiary/aromatic N) is 1.